The molecule has 0 aromatic heterocycles. The molecule has 0 heterocycles. The number of allylic oxidation sites excluding steroid dienone is 7. The zero-order valence-corrected chi connectivity index (χ0v) is 16.1. The van der Waals surface area contributed by atoms with E-state index in [-0.39, 0.29) is 11.2 Å². The summed E-state index contributed by atoms with van der Waals surface area (Å²) >= 11 is 0. The van der Waals surface area contributed by atoms with Crippen molar-refractivity contribution in [3.8, 4) is 5.75 Å². The molecule has 0 bridgehead atoms. The van der Waals surface area contributed by atoms with Crippen LogP contribution in [0.3, 0.4) is 0 Å². The highest BCUT2D eigenvalue weighted by Gasteiger charge is 2.21. The predicted octanol–water partition coefficient (Wildman–Crippen LogP) is 5.59. The minimum absolute atomic E-state index is 0.0391. The number of hydrazone groups is 1. The molecular weight excluding hydrogens is 308 g/mol. The number of aromatic hydroxyl groups is 1. The van der Waals surface area contributed by atoms with Crippen molar-refractivity contribution in [1.29, 1.82) is 0 Å². The van der Waals surface area contributed by atoms with Crippen molar-refractivity contribution in [2.75, 3.05) is 12.1 Å². The van der Waals surface area contributed by atoms with Crippen LogP contribution in [0.15, 0.2) is 59.8 Å². The van der Waals surface area contributed by atoms with E-state index in [4.69, 9.17) is 5.10 Å². The van der Waals surface area contributed by atoms with E-state index in [1.54, 1.807) is 5.01 Å². The van der Waals surface area contributed by atoms with Crippen molar-refractivity contribution >= 4 is 17.0 Å². The van der Waals surface area contributed by atoms with Crippen LogP contribution in [0.2, 0.25) is 0 Å². The van der Waals surface area contributed by atoms with Gasteiger partial charge in [0.1, 0.15) is 11.4 Å². The predicted molar refractivity (Wildman–Crippen MR) is 109 cm³/mol. The minimum Gasteiger partial charge on any atom is -0.505 e. The highest BCUT2D eigenvalue weighted by molar-refractivity contribution is 6.11. The molecule has 1 aromatic carbocycles. The van der Waals surface area contributed by atoms with E-state index in [2.05, 4.69) is 27.4 Å². The van der Waals surface area contributed by atoms with E-state index in [1.807, 2.05) is 63.4 Å². The molecule has 3 nitrogen and oxygen atoms in total. The average molecular weight is 336 g/mol. The van der Waals surface area contributed by atoms with Gasteiger partial charge in [-0.15, -0.1) is 0 Å². The summed E-state index contributed by atoms with van der Waals surface area (Å²) in [7, 11) is 1.86. The Bertz CT molecular complexity index is 802. The van der Waals surface area contributed by atoms with Gasteiger partial charge in [-0.05, 0) is 54.2 Å². The van der Waals surface area contributed by atoms with E-state index in [9.17, 15) is 5.11 Å². The molecule has 132 valence electrons. The lowest BCUT2D eigenvalue weighted by Gasteiger charge is -2.25. The van der Waals surface area contributed by atoms with Crippen LogP contribution < -0.4 is 5.01 Å². The number of nitrogens with zero attached hydrogens (tertiary/aromatic N) is 2. The Hall–Kier alpha value is -2.55. The summed E-state index contributed by atoms with van der Waals surface area (Å²) in [6.07, 6.45) is 9.97. The maximum Gasteiger partial charge on any atom is 0.148 e. The van der Waals surface area contributed by atoms with E-state index >= 15 is 0 Å². The number of anilines is 1. The number of phenolic OH excluding ortho intramolecular Hbond substituents is 1. The quantitative estimate of drug-likeness (QED) is 0.731. The molecule has 1 aliphatic rings. The standard InChI is InChI=1S/C22H28N2O/c1-8-16-11-9-10-12-19(16)23-24(7)20-14-17(22(4,5)6)13-18(15(2)3)21(20)25/h8-14,25H,2H2,1,3-7H3/b16-8?,23-19-. The van der Waals surface area contributed by atoms with Gasteiger partial charge in [0.15, 0.2) is 0 Å². The Balaban J connectivity index is 2.57. The fourth-order valence-corrected chi connectivity index (χ4v) is 2.66. The van der Waals surface area contributed by atoms with Crippen molar-refractivity contribution in [1.82, 2.24) is 0 Å². The summed E-state index contributed by atoms with van der Waals surface area (Å²) < 4.78 is 0. The van der Waals surface area contributed by atoms with Crippen molar-refractivity contribution < 1.29 is 5.11 Å². The first-order chi connectivity index (χ1) is 11.6. The Kier molecular flexibility index (Phi) is 5.36. The first kappa shape index (κ1) is 18.8. The summed E-state index contributed by atoms with van der Waals surface area (Å²) in [6, 6.07) is 4.02. The van der Waals surface area contributed by atoms with Crippen LogP contribution >= 0.6 is 0 Å². The number of benzene rings is 1. The van der Waals surface area contributed by atoms with Crippen LogP contribution in [-0.4, -0.2) is 17.9 Å². The zero-order valence-electron chi connectivity index (χ0n) is 16.1. The number of hydrogen-bond acceptors (Lipinski definition) is 3. The molecular formula is C22H28N2O. The van der Waals surface area contributed by atoms with Gasteiger partial charge in [-0.3, -0.25) is 5.01 Å². The molecule has 0 radical (unpaired) electrons. The molecule has 0 aliphatic heterocycles. The van der Waals surface area contributed by atoms with Crippen LogP contribution in [-0.2, 0) is 5.41 Å². The molecule has 2 rings (SSSR count). The van der Waals surface area contributed by atoms with Crippen molar-refractivity contribution in [3.05, 3.63) is 65.8 Å². The number of rotatable bonds is 3. The molecule has 0 saturated carbocycles. The second-order valence-electron chi connectivity index (χ2n) is 7.39. The van der Waals surface area contributed by atoms with E-state index in [1.165, 1.54) is 0 Å². The smallest absolute Gasteiger partial charge is 0.148 e. The van der Waals surface area contributed by atoms with Crippen molar-refractivity contribution in [2.24, 2.45) is 5.10 Å². The first-order valence-corrected chi connectivity index (χ1v) is 8.52. The highest BCUT2D eigenvalue weighted by atomic mass is 16.3. The Morgan fingerprint density at radius 2 is 1.84 bits per heavy atom. The Labute approximate surface area is 151 Å². The first-order valence-electron chi connectivity index (χ1n) is 8.52. The molecule has 1 aliphatic carbocycles. The molecule has 0 unspecified atom stereocenters. The summed E-state index contributed by atoms with van der Waals surface area (Å²) in [4.78, 5) is 0. The largest absolute Gasteiger partial charge is 0.505 e. The molecule has 0 saturated heterocycles. The monoisotopic (exact) mass is 336 g/mol. The molecule has 0 fully saturated rings. The molecule has 0 spiro atoms. The van der Waals surface area contributed by atoms with Gasteiger partial charge >= 0.3 is 0 Å². The Morgan fingerprint density at radius 3 is 2.40 bits per heavy atom. The lowest BCUT2D eigenvalue weighted by molar-refractivity contribution is 0.472. The Morgan fingerprint density at radius 1 is 1.20 bits per heavy atom. The van der Waals surface area contributed by atoms with Crippen molar-refractivity contribution in [2.45, 2.75) is 40.0 Å². The molecule has 0 atom stereocenters. The van der Waals surface area contributed by atoms with Crippen LogP contribution in [0, 0.1) is 0 Å². The van der Waals surface area contributed by atoms with E-state index < -0.39 is 0 Å². The third kappa shape index (κ3) is 4.11. The van der Waals surface area contributed by atoms with Gasteiger partial charge in [0.2, 0.25) is 0 Å². The van der Waals surface area contributed by atoms with Gasteiger partial charge in [0.25, 0.3) is 0 Å². The lowest BCUT2D eigenvalue weighted by atomic mass is 9.84. The van der Waals surface area contributed by atoms with Gasteiger partial charge in [-0.25, -0.2) is 0 Å². The zero-order chi connectivity index (χ0) is 18.8. The SMILES string of the molecule is C=C(C)c1cc(C(C)(C)C)cc(N(C)/N=C2/C=CC=CC2=CC)c1O. The number of phenols is 1. The van der Waals surface area contributed by atoms with E-state index in [0.29, 0.717) is 5.69 Å². The van der Waals surface area contributed by atoms with Gasteiger partial charge in [0.05, 0.1) is 5.71 Å². The maximum absolute atomic E-state index is 10.8. The van der Waals surface area contributed by atoms with Crippen molar-refractivity contribution in [3.63, 3.8) is 0 Å². The molecule has 25 heavy (non-hydrogen) atoms. The van der Waals surface area contributed by atoms with Crippen LogP contribution in [0.1, 0.15) is 45.7 Å². The average Bonchev–Trinajstić information content (AvgIpc) is 2.54. The molecule has 1 aromatic rings. The van der Waals surface area contributed by atoms with Gasteiger partial charge in [-0.1, -0.05) is 51.7 Å². The van der Waals surface area contributed by atoms with Gasteiger partial charge < -0.3 is 5.11 Å². The fourth-order valence-electron chi connectivity index (χ4n) is 2.66. The fraction of sp³-hybridized carbons (Fsp3) is 0.318. The topological polar surface area (TPSA) is 35.8 Å². The molecule has 0 amide bonds. The summed E-state index contributed by atoms with van der Waals surface area (Å²) in [5.41, 5.74) is 5.29. The van der Waals surface area contributed by atoms with E-state index in [0.717, 1.165) is 28.0 Å². The van der Waals surface area contributed by atoms with Gasteiger partial charge in [0, 0.05) is 12.6 Å². The normalized spacial score (nSPS) is 17.4. The molecule has 1 N–H and O–H groups in total. The second kappa shape index (κ2) is 7.14. The third-order valence-corrected chi connectivity index (χ3v) is 4.27. The minimum atomic E-state index is -0.0391. The number of hydrogen-bond donors (Lipinski definition) is 1. The van der Waals surface area contributed by atoms with Crippen LogP contribution in [0.5, 0.6) is 5.75 Å². The second-order valence-corrected chi connectivity index (χ2v) is 7.39. The van der Waals surface area contributed by atoms with Gasteiger partial charge in [-0.2, -0.15) is 5.10 Å². The lowest BCUT2D eigenvalue weighted by Crippen LogP contribution is -2.17. The third-order valence-electron chi connectivity index (χ3n) is 4.27. The van der Waals surface area contributed by atoms with Crippen LogP contribution in [0.4, 0.5) is 5.69 Å². The summed E-state index contributed by atoms with van der Waals surface area (Å²) in [5.74, 6) is 0.213. The summed E-state index contributed by atoms with van der Waals surface area (Å²) in [5, 5.41) is 17.2. The maximum atomic E-state index is 10.8. The highest BCUT2D eigenvalue weighted by Crippen LogP contribution is 2.39. The molecule has 3 heteroatoms. The van der Waals surface area contributed by atoms with Crippen LogP contribution in [0.25, 0.3) is 5.57 Å². The summed E-state index contributed by atoms with van der Waals surface area (Å²) in [6.45, 7) is 14.4.